The normalized spacial score (nSPS) is 11.1. The number of nitrogens with one attached hydrogen (secondary N) is 1. The molecule has 3 aromatic heterocycles. The molecule has 0 saturated heterocycles. The Kier molecular flexibility index (Phi) is 4.37. The Bertz CT molecular complexity index is 1150. The van der Waals surface area contributed by atoms with Crippen LogP contribution in [0.25, 0.3) is 11.0 Å². The highest BCUT2D eigenvalue weighted by molar-refractivity contribution is 6.30. The van der Waals surface area contributed by atoms with Crippen LogP contribution >= 0.6 is 11.6 Å². The zero-order chi connectivity index (χ0) is 19.0. The van der Waals surface area contributed by atoms with Crippen LogP contribution in [-0.2, 0) is 13.6 Å². The van der Waals surface area contributed by atoms with Crippen LogP contribution in [0.1, 0.15) is 21.6 Å². The molecule has 1 N–H and O–H groups in total. The molecular weight excluding hydrogens is 364 g/mol. The fourth-order valence-electron chi connectivity index (χ4n) is 2.96. The molecule has 0 aliphatic heterocycles. The number of amides is 1. The summed E-state index contributed by atoms with van der Waals surface area (Å²) in [5, 5.41) is 12.8. The molecule has 136 valence electrons. The van der Waals surface area contributed by atoms with E-state index in [2.05, 4.69) is 20.5 Å². The Labute approximate surface area is 160 Å². The van der Waals surface area contributed by atoms with E-state index in [9.17, 15) is 4.79 Å². The number of halogens is 1. The monoisotopic (exact) mass is 380 g/mol. The second kappa shape index (κ2) is 6.85. The van der Waals surface area contributed by atoms with Gasteiger partial charge in [-0.15, -0.1) is 0 Å². The van der Waals surface area contributed by atoms with E-state index in [1.807, 2.05) is 31.2 Å². The third-order valence-electron chi connectivity index (χ3n) is 4.20. The van der Waals surface area contributed by atoms with Gasteiger partial charge in [-0.1, -0.05) is 23.7 Å². The summed E-state index contributed by atoms with van der Waals surface area (Å²) in [6.07, 6.45) is 5.06. The minimum Gasteiger partial charge on any atom is -0.319 e. The maximum atomic E-state index is 12.8. The smallest absolute Gasteiger partial charge is 0.256 e. The van der Waals surface area contributed by atoms with Gasteiger partial charge in [-0.3, -0.25) is 14.2 Å². The molecule has 0 bridgehead atoms. The van der Waals surface area contributed by atoms with E-state index >= 15 is 0 Å². The van der Waals surface area contributed by atoms with Gasteiger partial charge in [0.05, 0.1) is 35.6 Å². The van der Waals surface area contributed by atoms with Gasteiger partial charge in [0, 0.05) is 24.0 Å². The van der Waals surface area contributed by atoms with Gasteiger partial charge in [0.2, 0.25) is 0 Å². The molecule has 27 heavy (non-hydrogen) atoms. The van der Waals surface area contributed by atoms with E-state index in [1.54, 1.807) is 41.1 Å². The summed E-state index contributed by atoms with van der Waals surface area (Å²) in [5.74, 6) is -0.221. The molecule has 0 atom stereocenters. The van der Waals surface area contributed by atoms with Crippen LogP contribution < -0.4 is 5.32 Å². The van der Waals surface area contributed by atoms with E-state index in [4.69, 9.17) is 11.6 Å². The number of aryl methyl sites for hydroxylation is 2. The van der Waals surface area contributed by atoms with Crippen molar-refractivity contribution in [2.75, 3.05) is 5.32 Å². The van der Waals surface area contributed by atoms with Crippen LogP contribution in [-0.4, -0.2) is 30.5 Å². The Morgan fingerprint density at radius 2 is 2.07 bits per heavy atom. The van der Waals surface area contributed by atoms with Crippen LogP contribution in [0.4, 0.5) is 5.69 Å². The summed E-state index contributed by atoms with van der Waals surface area (Å²) < 4.78 is 3.40. The van der Waals surface area contributed by atoms with Gasteiger partial charge < -0.3 is 5.32 Å². The average Bonchev–Trinajstić information content (AvgIpc) is 3.21. The molecule has 1 amide bonds. The van der Waals surface area contributed by atoms with Crippen molar-refractivity contribution in [1.29, 1.82) is 0 Å². The fraction of sp³-hybridized carbons (Fsp3) is 0.158. The lowest BCUT2D eigenvalue weighted by atomic mass is 10.1. The number of benzene rings is 1. The van der Waals surface area contributed by atoms with Gasteiger partial charge in [0.15, 0.2) is 5.65 Å². The zero-order valence-electron chi connectivity index (χ0n) is 14.8. The van der Waals surface area contributed by atoms with Crippen molar-refractivity contribution < 1.29 is 4.79 Å². The van der Waals surface area contributed by atoms with E-state index in [-0.39, 0.29) is 5.91 Å². The molecule has 1 aromatic carbocycles. The Morgan fingerprint density at radius 3 is 2.89 bits per heavy atom. The third kappa shape index (κ3) is 3.54. The lowest BCUT2D eigenvalue weighted by Crippen LogP contribution is -2.12. The average molecular weight is 381 g/mol. The summed E-state index contributed by atoms with van der Waals surface area (Å²) >= 11 is 6.02. The summed E-state index contributed by atoms with van der Waals surface area (Å²) in [7, 11) is 1.80. The number of anilines is 1. The molecule has 0 aliphatic rings. The minimum absolute atomic E-state index is 0.221. The number of carbonyl (C=O) groups excluding carboxylic acids is 1. The topological polar surface area (TPSA) is 77.6 Å². The van der Waals surface area contributed by atoms with Gasteiger partial charge in [-0.05, 0) is 30.7 Å². The largest absolute Gasteiger partial charge is 0.319 e. The summed E-state index contributed by atoms with van der Waals surface area (Å²) in [4.78, 5) is 17.2. The van der Waals surface area contributed by atoms with Crippen LogP contribution in [0.5, 0.6) is 0 Å². The van der Waals surface area contributed by atoms with Gasteiger partial charge in [-0.25, -0.2) is 4.98 Å². The van der Waals surface area contributed by atoms with Gasteiger partial charge in [-0.2, -0.15) is 10.2 Å². The number of aromatic nitrogens is 5. The van der Waals surface area contributed by atoms with Crippen molar-refractivity contribution in [3.8, 4) is 0 Å². The van der Waals surface area contributed by atoms with Crippen LogP contribution in [0.2, 0.25) is 5.02 Å². The summed E-state index contributed by atoms with van der Waals surface area (Å²) in [5.41, 5.74) is 3.62. The molecule has 0 aliphatic carbocycles. The molecule has 0 unspecified atom stereocenters. The first kappa shape index (κ1) is 17.2. The van der Waals surface area contributed by atoms with Gasteiger partial charge in [0.25, 0.3) is 5.91 Å². The molecular formula is C19H17ClN6O. The number of carbonyl (C=O) groups is 1. The molecule has 7 nitrogen and oxygen atoms in total. The van der Waals surface area contributed by atoms with Crippen molar-refractivity contribution in [3.63, 3.8) is 0 Å². The zero-order valence-corrected chi connectivity index (χ0v) is 15.6. The molecule has 3 heterocycles. The molecule has 4 aromatic rings. The molecule has 0 saturated carbocycles. The van der Waals surface area contributed by atoms with Crippen molar-refractivity contribution >= 4 is 34.2 Å². The predicted octanol–water partition coefficient (Wildman–Crippen LogP) is 3.43. The Balaban J connectivity index is 1.55. The van der Waals surface area contributed by atoms with E-state index < -0.39 is 0 Å². The maximum absolute atomic E-state index is 12.8. The lowest BCUT2D eigenvalue weighted by Gasteiger charge is -2.06. The van der Waals surface area contributed by atoms with E-state index in [0.717, 1.165) is 11.3 Å². The SMILES string of the molecule is Cc1cc(C(=O)Nc2cnn(Cc3cccc(Cl)c3)c2)c2cnn(C)c2n1. The first-order valence-electron chi connectivity index (χ1n) is 8.37. The van der Waals surface area contributed by atoms with E-state index in [1.165, 1.54) is 0 Å². The molecule has 0 radical (unpaired) electrons. The van der Waals surface area contributed by atoms with Gasteiger partial charge >= 0.3 is 0 Å². The molecule has 4 rings (SSSR count). The second-order valence-electron chi connectivity index (χ2n) is 6.33. The van der Waals surface area contributed by atoms with Crippen LogP contribution in [0, 0.1) is 6.92 Å². The second-order valence-corrected chi connectivity index (χ2v) is 6.76. The highest BCUT2D eigenvalue weighted by atomic mass is 35.5. The first-order chi connectivity index (χ1) is 13.0. The Morgan fingerprint density at radius 1 is 1.22 bits per heavy atom. The van der Waals surface area contributed by atoms with Gasteiger partial charge in [0.1, 0.15) is 0 Å². The number of rotatable bonds is 4. The number of nitrogens with zero attached hydrogens (tertiary/aromatic N) is 5. The van der Waals surface area contributed by atoms with Crippen molar-refractivity contribution in [2.24, 2.45) is 7.05 Å². The summed E-state index contributed by atoms with van der Waals surface area (Å²) in [6, 6.07) is 9.35. The standard InChI is InChI=1S/C19H17ClN6O/c1-12-6-16(17-9-21-25(2)18(17)23-12)19(27)24-15-8-22-26(11-15)10-13-4-3-5-14(20)7-13/h3-9,11H,10H2,1-2H3,(H,24,27). The third-order valence-corrected chi connectivity index (χ3v) is 4.44. The quantitative estimate of drug-likeness (QED) is 0.588. The first-order valence-corrected chi connectivity index (χ1v) is 8.75. The number of hydrogen-bond donors (Lipinski definition) is 1. The van der Waals surface area contributed by atoms with Crippen LogP contribution in [0.15, 0.2) is 48.9 Å². The lowest BCUT2D eigenvalue weighted by molar-refractivity contribution is 0.102. The summed E-state index contributed by atoms with van der Waals surface area (Å²) in [6.45, 7) is 2.42. The van der Waals surface area contributed by atoms with Crippen LogP contribution in [0.3, 0.4) is 0 Å². The highest BCUT2D eigenvalue weighted by Gasteiger charge is 2.15. The van der Waals surface area contributed by atoms with E-state index in [0.29, 0.717) is 33.9 Å². The van der Waals surface area contributed by atoms with Crippen molar-refractivity contribution in [3.05, 3.63) is 70.8 Å². The molecule has 0 spiro atoms. The maximum Gasteiger partial charge on any atom is 0.256 e. The van der Waals surface area contributed by atoms with Crippen molar-refractivity contribution in [2.45, 2.75) is 13.5 Å². The number of hydrogen-bond acceptors (Lipinski definition) is 4. The molecule has 0 fully saturated rings. The number of fused-ring (bicyclic) bond motifs is 1. The Hall–Kier alpha value is -3.19. The predicted molar refractivity (Wildman–Crippen MR) is 104 cm³/mol. The highest BCUT2D eigenvalue weighted by Crippen LogP contribution is 2.19. The minimum atomic E-state index is -0.221. The molecule has 8 heteroatoms. The number of pyridine rings is 1. The fourth-order valence-corrected chi connectivity index (χ4v) is 3.18. The van der Waals surface area contributed by atoms with Crippen molar-refractivity contribution in [1.82, 2.24) is 24.5 Å².